The van der Waals surface area contributed by atoms with Crippen LogP contribution < -0.4 is 5.32 Å². The topological polar surface area (TPSA) is 24.5 Å². The zero-order chi connectivity index (χ0) is 9.10. The molecule has 2 heterocycles. The van der Waals surface area contributed by atoms with Crippen LogP contribution in [-0.4, -0.2) is 50.3 Å². The first-order valence-electron chi connectivity index (χ1n) is 5.39. The maximum Gasteiger partial charge on any atom is 0.0862 e. The molecule has 0 saturated carbocycles. The molecule has 3 nitrogen and oxygen atoms in total. The molecule has 0 aliphatic carbocycles. The van der Waals surface area contributed by atoms with E-state index in [4.69, 9.17) is 4.74 Å². The number of nitrogens with one attached hydrogen (secondary N) is 1. The van der Waals surface area contributed by atoms with Crippen molar-refractivity contribution in [3.63, 3.8) is 0 Å². The normalized spacial score (nSPS) is 36.7. The van der Waals surface area contributed by atoms with E-state index < -0.39 is 0 Å². The van der Waals surface area contributed by atoms with Crippen molar-refractivity contribution < 1.29 is 4.74 Å². The molecule has 2 fully saturated rings. The second-order valence-corrected chi connectivity index (χ2v) is 4.10. The molecule has 1 unspecified atom stereocenters. The third kappa shape index (κ3) is 2.03. The van der Waals surface area contributed by atoms with Gasteiger partial charge < -0.3 is 10.1 Å². The lowest BCUT2D eigenvalue weighted by molar-refractivity contribution is 0.0360. The predicted octanol–water partition coefficient (Wildman–Crippen LogP) is 0.459. The Morgan fingerprint density at radius 2 is 1.92 bits per heavy atom. The maximum atomic E-state index is 5.47. The van der Waals surface area contributed by atoms with Crippen LogP contribution in [0, 0.1) is 0 Å². The van der Waals surface area contributed by atoms with Gasteiger partial charge in [-0.15, -0.1) is 0 Å². The fourth-order valence-electron chi connectivity index (χ4n) is 2.50. The van der Waals surface area contributed by atoms with E-state index in [2.05, 4.69) is 10.2 Å². The molecule has 0 bridgehead atoms. The summed E-state index contributed by atoms with van der Waals surface area (Å²) in [6.45, 7) is 4.68. The lowest BCUT2D eigenvalue weighted by atomic mass is 10.1. The van der Waals surface area contributed by atoms with Crippen molar-refractivity contribution in [1.29, 1.82) is 0 Å². The lowest BCUT2D eigenvalue weighted by Crippen LogP contribution is -2.46. The minimum Gasteiger partial charge on any atom is -0.378 e. The highest BCUT2D eigenvalue weighted by molar-refractivity contribution is 4.90. The summed E-state index contributed by atoms with van der Waals surface area (Å²) in [6, 6.07) is 0.630. The number of ether oxygens (including phenoxy) is 1. The highest BCUT2D eigenvalue weighted by atomic mass is 16.5. The van der Waals surface area contributed by atoms with Crippen molar-refractivity contribution in [3.8, 4) is 0 Å². The van der Waals surface area contributed by atoms with Crippen LogP contribution in [0.15, 0.2) is 0 Å². The van der Waals surface area contributed by atoms with Gasteiger partial charge in [0, 0.05) is 26.2 Å². The minimum atomic E-state index is 0.415. The van der Waals surface area contributed by atoms with E-state index in [9.17, 15) is 0 Å². The summed E-state index contributed by atoms with van der Waals surface area (Å²) >= 11 is 0. The van der Waals surface area contributed by atoms with Gasteiger partial charge in [0.15, 0.2) is 0 Å². The minimum absolute atomic E-state index is 0.415. The van der Waals surface area contributed by atoms with E-state index in [1.165, 1.54) is 32.4 Å². The van der Waals surface area contributed by atoms with E-state index >= 15 is 0 Å². The number of piperidine rings is 1. The van der Waals surface area contributed by atoms with Gasteiger partial charge in [0.25, 0.3) is 0 Å². The standard InChI is InChI=1S/C10H20N2O/c1-13-10-8-11-7-9(10)12-5-3-2-4-6-12/h9-11H,2-8H2,1H3/t9?,10-/m0/s1. The summed E-state index contributed by atoms with van der Waals surface area (Å²) < 4.78 is 5.47. The quantitative estimate of drug-likeness (QED) is 0.675. The van der Waals surface area contributed by atoms with Crippen molar-refractivity contribution >= 4 is 0 Å². The molecule has 1 N–H and O–H groups in total. The monoisotopic (exact) mass is 184 g/mol. The Morgan fingerprint density at radius 3 is 2.62 bits per heavy atom. The van der Waals surface area contributed by atoms with Gasteiger partial charge in [-0.05, 0) is 25.9 Å². The van der Waals surface area contributed by atoms with Crippen LogP contribution >= 0.6 is 0 Å². The highest BCUT2D eigenvalue weighted by Gasteiger charge is 2.32. The van der Waals surface area contributed by atoms with Crippen LogP contribution in [0.2, 0.25) is 0 Å². The van der Waals surface area contributed by atoms with Gasteiger partial charge in [0.1, 0.15) is 0 Å². The molecule has 0 amide bonds. The molecule has 13 heavy (non-hydrogen) atoms. The van der Waals surface area contributed by atoms with Crippen LogP contribution in [0.3, 0.4) is 0 Å². The van der Waals surface area contributed by atoms with E-state index in [-0.39, 0.29) is 0 Å². The Hall–Kier alpha value is -0.120. The highest BCUT2D eigenvalue weighted by Crippen LogP contribution is 2.17. The summed E-state index contributed by atoms with van der Waals surface area (Å²) in [5.74, 6) is 0. The number of methoxy groups -OCH3 is 1. The van der Waals surface area contributed by atoms with Gasteiger partial charge in [0.05, 0.1) is 6.10 Å². The molecule has 0 radical (unpaired) electrons. The average molecular weight is 184 g/mol. The van der Waals surface area contributed by atoms with Gasteiger partial charge >= 0.3 is 0 Å². The van der Waals surface area contributed by atoms with E-state index in [0.29, 0.717) is 12.1 Å². The first kappa shape index (κ1) is 9.44. The summed E-state index contributed by atoms with van der Waals surface area (Å²) in [5.41, 5.74) is 0. The van der Waals surface area contributed by atoms with E-state index in [0.717, 1.165) is 13.1 Å². The van der Waals surface area contributed by atoms with Gasteiger partial charge in [-0.3, -0.25) is 4.90 Å². The lowest BCUT2D eigenvalue weighted by Gasteiger charge is -2.34. The predicted molar refractivity (Wildman–Crippen MR) is 52.9 cm³/mol. The molecule has 0 spiro atoms. The van der Waals surface area contributed by atoms with Crippen LogP contribution in [0.5, 0.6) is 0 Å². The molecule has 2 aliphatic heterocycles. The summed E-state index contributed by atoms with van der Waals surface area (Å²) in [5, 5.41) is 3.40. The molecule has 76 valence electrons. The van der Waals surface area contributed by atoms with Crippen molar-refractivity contribution in [2.24, 2.45) is 0 Å². The van der Waals surface area contributed by atoms with Gasteiger partial charge in [-0.2, -0.15) is 0 Å². The summed E-state index contributed by atoms with van der Waals surface area (Å²) in [7, 11) is 1.83. The molecular weight excluding hydrogens is 164 g/mol. The average Bonchev–Trinajstić information content (AvgIpc) is 2.67. The summed E-state index contributed by atoms with van der Waals surface area (Å²) in [4.78, 5) is 2.59. The molecule has 2 saturated heterocycles. The molecule has 3 heteroatoms. The number of nitrogens with zero attached hydrogens (tertiary/aromatic N) is 1. The Labute approximate surface area is 80.4 Å². The summed E-state index contributed by atoms with van der Waals surface area (Å²) in [6.07, 6.45) is 4.56. The van der Waals surface area contributed by atoms with Crippen LogP contribution in [-0.2, 0) is 4.74 Å². The van der Waals surface area contributed by atoms with Crippen molar-refractivity contribution in [3.05, 3.63) is 0 Å². The number of likely N-dealkylation sites (tertiary alicyclic amines) is 1. The SMILES string of the molecule is CO[C@H]1CNCC1N1CCCCC1. The molecule has 2 aliphatic rings. The van der Waals surface area contributed by atoms with E-state index in [1.54, 1.807) is 0 Å². The molecule has 0 aromatic rings. The first-order chi connectivity index (χ1) is 6.42. The number of rotatable bonds is 2. The second-order valence-electron chi connectivity index (χ2n) is 4.10. The van der Waals surface area contributed by atoms with Crippen molar-refractivity contribution in [2.75, 3.05) is 33.3 Å². The van der Waals surface area contributed by atoms with Crippen LogP contribution in [0.25, 0.3) is 0 Å². The zero-order valence-corrected chi connectivity index (χ0v) is 8.46. The molecular formula is C10H20N2O. The van der Waals surface area contributed by atoms with Crippen LogP contribution in [0.4, 0.5) is 0 Å². The third-order valence-electron chi connectivity index (χ3n) is 3.29. The molecule has 0 aromatic carbocycles. The van der Waals surface area contributed by atoms with Crippen molar-refractivity contribution in [1.82, 2.24) is 10.2 Å². The van der Waals surface area contributed by atoms with Crippen LogP contribution in [0.1, 0.15) is 19.3 Å². The zero-order valence-electron chi connectivity index (χ0n) is 8.46. The third-order valence-corrected chi connectivity index (χ3v) is 3.29. The van der Waals surface area contributed by atoms with Gasteiger partial charge in [-0.1, -0.05) is 6.42 Å². The number of hydrogen-bond acceptors (Lipinski definition) is 3. The second kappa shape index (κ2) is 4.40. The largest absolute Gasteiger partial charge is 0.378 e. The molecule has 0 aromatic heterocycles. The fraction of sp³-hybridized carbons (Fsp3) is 1.00. The van der Waals surface area contributed by atoms with Gasteiger partial charge in [-0.25, -0.2) is 0 Å². The fourth-order valence-corrected chi connectivity index (χ4v) is 2.50. The van der Waals surface area contributed by atoms with Gasteiger partial charge in [0.2, 0.25) is 0 Å². The molecule has 2 rings (SSSR count). The first-order valence-corrected chi connectivity index (χ1v) is 5.39. The molecule has 2 atom stereocenters. The Kier molecular flexibility index (Phi) is 3.19. The number of hydrogen-bond donors (Lipinski definition) is 1. The van der Waals surface area contributed by atoms with Crippen molar-refractivity contribution in [2.45, 2.75) is 31.4 Å². The Morgan fingerprint density at radius 1 is 1.15 bits per heavy atom. The Balaban J connectivity index is 1.90. The Bertz CT molecular complexity index is 157. The van der Waals surface area contributed by atoms with E-state index in [1.807, 2.05) is 7.11 Å². The maximum absolute atomic E-state index is 5.47. The smallest absolute Gasteiger partial charge is 0.0862 e.